The van der Waals surface area contributed by atoms with E-state index < -0.39 is 0 Å². The fourth-order valence-electron chi connectivity index (χ4n) is 4.75. The Hall–Kier alpha value is -2.09. The van der Waals surface area contributed by atoms with Crippen LogP contribution in [0.5, 0.6) is 5.75 Å². The molecule has 0 saturated heterocycles. The average molecular weight is 421 g/mol. The third kappa shape index (κ3) is 8.51. The topological polar surface area (TPSA) is 26.3 Å². The first-order valence-corrected chi connectivity index (χ1v) is 12.4. The van der Waals surface area contributed by atoms with Crippen LogP contribution in [0.15, 0.2) is 48.5 Å². The number of esters is 1. The summed E-state index contributed by atoms with van der Waals surface area (Å²) < 4.78 is 5.37. The molecule has 0 amide bonds. The summed E-state index contributed by atoms with van der Waals surface area (Å²) in [4.78, 5) is 11.8. The van der Waals surface area contributed by atoms with Crippen LogP contribution in [-0.2, 0) is 11.2 Å². The minimum atomic E-state index is -0.0523. The zero-order chi connectivity index (χ0) is 21.9. The van der Waals surface area contributed by atoms with E-state index in [1.807, 2.05) is 31.2 Å². The van der Waals surface area contributed by atoms with Crippen LogP contribution in [0.3, 0.4) is 0 Å². The van der Waals surface area contributed by atoms with Gasteiger partial charge in [0, 0.05) is 0 Å². The Bertz CT molecular complexity index is 763. The summed E-state index contributed by atoms with van der Waals surface area (Å²) in [7, 11) is 0. The molecular weight excluding hydrogens is 380 g/mol. The fourth-order valence-corrected chi connectivity index (χ4v) is 4.75. The number of benzene rings is 2. The zero-order valence-electron chi connectivity index (χ0n) is 19.6. The van der Waals surface area contributed by atoms with Crippen LogP contribution in [0.1, 0.15) is 87.3 Å². The summed E-state index contributed by atoms with van der Waals surface area (Å²) in [6.45, 7) is 4.18. The molecule has 0 N–H and O–H groups in total. The highest BCUT2D eigenvalue weighted by atomic mass is 16.5. The Morgan fingerprint density at radius 1 is 0.742 bits per heavy atom. The molecule has 31 heavy (non-hydrogen) atoms. The summed E-state index contributed by atoms with van der Waals surface area (Å²) in [5, 5.41) is 0. The number of hydrogen-bond acceptors (Lipinski definition) is 2. The normalized spacial score (nSPS) is 17.5. The Morgan fingerprint density at radius 3 is 1.84 bits per heavy atom. The van der Waals surface area contributed by atoms with Gasteiger partial charge in [-0.3, -0.25) is 4.79 Å². The number of hydrogen-bond donors (Lipinski definition) is 0. The predicted octanol–water partition coefficient (Wildman–Crippen LogP) is 7.99. The van der Waals surface area contributed by atoms with Gasteiger partial charge in [-0.25, -0.2) is 0 Å². The maximum absolute atomic E-state index is 11.8. The van der Waals surface area contributed by atoms with Crippen LogP contribution in [0, 0.1) is 25.7 Å². The average Bonchev–Trinajstić information content (AvgIpc) is 2.82. The SMILES string of the molecule is Cc1ccc(CCC2CCCCC2)cc1.Cc1ccc(OC(=O)C2CCCCC2)cc1. The first kappa shape index (κ1) is 23.6. The molecule has 0 atom stereocenters. The molecular formula is C29H40O2. The molecule has 2 aromatic rings. The second-order valence-corrected chi connectivity index (χ2v) is 9.60. The lowest BCUT2D eigenvalue weighted by molar-refractivity contribution is -0.139. The van der Waals surface area contributed by atoms with Crippen molar-refractivity contribution in [1.29, 1.82) is 0 Å². The minimum absolute atomic E-state index is 0.0523. The van der Waals surface area contributed by atoms with Gasteiger partial charge >= 0.3 is 5.97 Å². The quantitative estimate of drug-likeness (QED) is 0.362. The van der Waals surface area contributed by atoms with Crippen LogP contribution < -0.4 is 4.74 Å². The summed E-state index contributed by atoms with van der Waals surface area (Å²) in [6.07, 6.45) is 15.6. The predicted molar refractivity (Wildman–Crippen MR) is 129 cm³/mol. The van der Waals surface area contributed by atoms with Crippen molar-refractivity contribution in [3.05, 3.63) is 65.2 Å². The smallest absolute Gasteiger partial charge is 0.314 e. The number of aryl methyl sites for hydroxylation is 3. The van der Waals surface area contributed by atoms with E-state index in [9.17, 15) is 4.79 Å². The molecule has 4 rings (SSSR count). The van der Waals surface area contributed by atoms with Crippen molar-refractivity contribution in [2.24, 2.45) is 11.8 Å². The summed E-state index contributed by atoms with van der Waals surface area (Å²) in [5.41, 5.74) is 4.07. The molecule has 168 valence electrons. The third-order valence-corrected chi connectivity index (χ3v) is 6.86. The van der Waals surface area contributed by atoms with Gasteiger partial charge in [-0.05, 0) is 63.1 Å². The molecule has 0 bridgehead atoms. The van der Waals surface area contributed by atoms with E-state index in [4.69, 9.17) is 4.74 Å². The molecule has 2 aliphatic rings. The highest BCUT2D eigenvalue weighted by Crippen LogP contribution is 2.27. The van der Waals surface area contributed by atoms with Crippen LogP contribution in [-0.4, -0.2) is 5.97 Å². The van der Waals surface area contributed by atoms with Gasteiger partial charge < -0.3 is 4.74 Å². The van der Waals surface area contributed by atoms with E-state index in [2.05, 4.69) is 31.2 Å². The van der Waals surface area contributed by atoms with Crippen molar-refractivity contribution >= 4 is 5.97 Å². The molecule has 2 aromatic carbocycles. The lowest BCUT2D eigenvalue weighted by atomic mass is 9.85. The number of rotatable bonds is 5. The van der Waals surface area contributed by atoms with Gasteiger partial charge in [-0.15, -0.1) is 0 Å². The van der Waals surface area contributed by atoms with Crippen LogP contribution >= 0.6 is 0 Å². The monoisotopic (exact) mass is 420 g/mol. The van der Waals surface area contributed by atoms with Crippen molar-refractivity contribution in [1.82, 2.24) is 0 Å². The Balaban J connectivity index is 0.000000176. The largest absolute Gasteiger partial charge is 0.426 e. The zero-order valence-corrected chi connectivity index (χ0v) is 19.6. The molecule has 2 heteroatoms. The molecule has 2 nitrogen and oxygen atoms in total. The van der Waals surface area contributed by atoms with Gasteiger partial charge in [0.15, 0.2) is 0 Å². The van der Waals surface area contributed by atoms with Gasteiger partial charge in [0.2, 0.25) is 0 Å². The third-order valence-electron chi connectivity index (χ3n) is 6.86. The van der Waals surface area contributed by atoms with Crippen molar-refractivity contribution < 1.29 is 9.53 Å². The second kappa shape index (κ2) is 12.7. The molecule has 0 spiro atoms. The molecule has 2 saturated carbocycles. The van der Waals surface area contributed by atoms with Crippen molar-refractivity contribution in [2.75, 3.05) is 0 Å². The number of carbonyl (C=O) groups excluding carboxylic acids is 1. The van der Waals surface area contributed by atoms with Crippen LogP contribution in [0.25, 0.3) is 0 Å². The second-order valence-electron chi connectivity index (χ2n) is 9.60. The van der Waals surface area contributed by atoms with E-state index in [0.29, 0.717) is 5.75 Å². The minimum Gasteiger partial charge on any atom is -0.426 e. The standard InChI is InChI=1S/C15H22.C14H18O2/c1-13-7-9-15(10-8-13)12-11-14-5-3-2-4-6-14;1-11-7-9-13(10-8-11)16-14(15)12-5-3-2-4-6-12/h7-10,14H,2-6,11-12H2,1H3;7-10,12H,2-6H2,1H3. The molecule has 0 aromatic heterocycles. The van der Waals surface area contributed by atoms with Gasteiger partial charge in [0.25, 0.3) is 0 Å². The highest BCUT2D eigenvalue weighted by Gasteiger charge is 2.22. The van der Waals surface area contributed by atoms with E-state index in [0.717, 1.165) is 31.6 Å². The van der Waals surface area contributed by atoms with E-state index >= 15 is 0 Å². The van der Waals surface area contributed by atoms with Gasteiger partial charge in [-0.1, -0.05) is 98.9 Å². The van der Waals surface area contributed by atoms with Gasteiger partial charge in [0.1, 0.15) is 5.75 Å². The first-order valence-electron chi connectivity index (χ1n) is 12.4. The van der Waals surface area contributed by atoms with E-state index in [1.165, 1.54) is 68.1 Å². The maximum Gasteiger partial charge on any atom is 0.314 e. The lowest BCUT2D eigenvalue weighted by Crippen LogP contribution is -2.22. The number of carbonyl (C=O) groups is 1. The van der Waals surface area contributed by atoms with Gasteiger partial charge in [0.05, 0.1) is 5.92 Å². The summed E-state index contributed by atoms with van der Waals surface area (Å²) >= 11 is 0. The molecule has 0 aliphatic heterocycles. The number of ether oxygens (including phenoxy) is 1. The molecule has 0 heterocycles. The Kier molecular flexibility index (Phi) is 9.65. The molecule has 0 unspecified atom stereocenters. The summed E-state index contributed by atoms with van der Waals surface area (Å²) in [6, 6.07) is 16.7. The van der Waals surface area contributed by atoms with E-state index in [1.54, 1.807) is 0 Å². The molecule has 0 radical (unpaired) electrons. The van der Waals surface area contributed by atoms with Crippen LogP contribution in [0.4, 0.5) is 0 Å². The summed E-state index contributed by atoms with van der Waals surface area (Å²) in [5.74, 6) is 1.75. The van der Waals surface area contributed by atoms with Crippen LogP contribution in [0.2, 0.25) is 0 Å². The van der Waals surface area contributed by atoms with Crippen molar-refractivity contribution in [3.8, 4) is 5.75 Å². The molecule has 2 fully saturated rings. The Labute approximate surface area is 189 Å². The van der Waals surface area contributed by atoms with Crippen molar-refractivity contribution in [3.63, 3.8) is 0 Å². The van der Waals surface area contributed by atoms with E-state index in [-0.39, 0.29) is 11.9 Å². The lowest BCUT2D eigenvalue weighted by Gasteiger charge is -2.21. The van der Waals surface area contributed by atoms with Crippen molar-refractivity contribution in [2.45, 2.75) is 90.9 Å². The fraction of sp³-hybridized carbons (Fsp3) is 0.552. The maximum atomic E-state index is 11.8. The van der Waals surface area contributed by atoms with Gasteiger partial charge in [-0.2, -0.15) is 0 Å². The first-order chi connectivity index (χ1) is 15.1. The molecule has 2 aliphatic carbocycles. The highest BCUT2D eigenvalue weighted by molar-refractivity contribution is 5.75. The Morgan fingerprint density at radius 2 is 1.26 bits per heavy atom.